The molecular formula is C11H16Cl2N2O2S2. The maximum atomic E-state index is 12.0. The van der Waals surface area contributed by atoms with Gasteiger partial charge >= 0.3 is 0 Å². The number of thiophene rings is 1. The molecule has 0 unspecified atom stereocenters. The Hall–Kier alpha value is -0.110. The van der Waals surface area contributed by atoms with Gasteiger partial charge in [-0.15, -0.1) is 23.7 Å². The molecule has 0 aromatic carbocycles. The van der Waals surface area contributed by atoms with Gasteiger partial charge in [0.2, 0.25) is 10.0 Å². The summed E-state index contributed by atoms with van der Waals surface area (Å²) in [6, 6.07) is 1.60. The van der Waals surface area contributed by atoms with E-state index >= 15 is 0 Å². The predicted molar refractivity (Wildman–Crippen MR) is 82.1 cm³/mol. The van der Waals surface area contributed by atoms with Crippen molar-refractivity contribution in [2.75, 3.05) is 19.6 Å². The minimum Gasteiger partial charge on any atom is -0.313 e. The highest BCUT2D eigenvalue weighted by molar-refractivity contribution is 7.91. The second-order valence-corrected chi connectivity index (χ2v) is 7.81. The Morgan fingerprint density at radius 1 is 1.53 bits per heavy atom. The topological polar surface area (TPSA) is 58.2 Å². The Morgan fingerprint density at radius 2 is 2.26 bits per heavy atom. The molecular weight excluding hydrogens is 327 g/mol. The lowest BCUT2D eigenvalue weighted by Crippen LogP contribution is -2.29. The van der Waals surface area contributed by atoms with Gasteiger partial charge < -0.3 is 5.32 Å². The van der Waals surface area contributed by atoms with Crippen molar-refractivity contribution in [2.24, 2.45) is 0 Å². The molecule has 1 aliphatic heterocycles. The smallest absolute Gasteiger partial charge is 0.250 e. The van der Waals surface area contributed by atoms with Crippen LogP contribution in [0, 0.1) is 6.92 Å². The zero-order valence-corrected chi connectivity index (χ0v) is 13.6. The molecule has 0 spiro atoms. The van der Waals surface area contributed by atoms with Gasteiger partial charge in [-0.1, -0.05) is 23.3 Å². The molecule has 0 amide bonds. The van der Waals surface area contributed by atoms with E-state index in [0.29, 0.717) is 10.9 Å². The molecule has 108 valence electrons. The van der Waals surface area contributed by atoms with Gasteiger partial charge in [0.25, 0.3) is 0 Å². The number of nitrogens with one attached hydrogen (secondary N) is 2. The van der Waals surface area contributed by atoms with Crippen LogP contribution in [0.4, 0.5) is 0 Å². The molecule has 0 saturated carbocycles. The maximum Gasteiger partial charge on any atom is 0.250 e. The van der Waals surface area contributed by atoms with E-state index < -0.39 is 10.0 Å². The van der Waals surface area contributed by atoms with Gasteiger partial charge in [-0.05, 0) is 31.5 Å². The summed E-state index contributed by atoms with van der Waals surface area (Å²) in [6.45, 7) is 3.88. The molecule has 0 aliphatic carbocycles. The van der Waals surface area contributed by atoms with Crippen molar-refractivity contribution >= 4 is 45.4 Å². The largest absolute Gasteiger partial charge is 0.313 e. The molecule has 8 heteroatoms. The molecule has 1 aromatic heterocycles. The highest BCUT2D eigenvalue weighted by Crippen LogP contribution is 2.29. The van der Waals surface area contributed by atoms with E-state index in [1.807, 2.05) is 6.08 Å². The standard InChI is InChI=1S/C11H15ClN2O2S2.ClH/c1-8-6-10(17-11(8)12)18(15,16)14-7-9-2-4-13-5-3-9;/h2,6,13-14H,3-5,7H2,1H3;1H. The molecule has 0 radical (unpaired) electrons. The number of rotatable bonds is 4. The van der Waals surface area contributed by atoms with Crippen LogP contribution in [-0.4, -0.2) is 28.1 Å². The quantitative estimate of drug-likeness (QED) is 0.825. The van der Waals surface area contributed by atoms with E-state index in [0.717, 1.165) is 42.0 Å². The lowest BCUT2D eigenvalue weighted by atomic mass is 10.1. The summed E-state index contributed by atoms with van der Waals surface area (Å²) >= 11 is 6.98. The minimum atomic E-state index is -3.44. The van der Waals surface area contributed by atoms with Gasteiger partial charge in [0, 0.05) is 13.1 Å². The number of hydrogen-bond donors (Lipinski definition) is 2. The van der Waals surface area contributed by atoms with E-state index in [-0.39, 0.29) is 16.6 Å². The summed E-state index contributed by atoms with van der Waals surface area (Å²) in [6.07, 6.45) is 2.91. The molecule has 1 aromatic rings. The summed E-state index contributed by atoms with van der Waals surface area (Å²) in [5.74, 6) is 0. The van der Waals surface area contributed by atoms with E-state index in [1.54, 1.807) is 13.0 Å². The van der Waals surface area contributed by atoms with E-state index in [1.165, 1.54) is 0 Å². The van der Waals surface area contributed by atoms with E-state index in [9.17, 15) is 8.42 Å². The van der Waals surface area contributed by atoms with Crippen molar-refractivity contribution in [3.05, 3.63) is 27.6 Å². The Morgan fingerprint density at radius 3 is 2.79 bits per heavy atom. The zero-order valence-electron chi connectivity index (χ0n) is 10.4. The SMILES string of the molecule is Cc1cc(S(=O)(=O)NCC2=CCNCC2)sc1Cl.Cl. The number of sulfonamides is 1. The molecule has 2 N–H and O–H groups in total. The van der Waals surface area contributed by atoms with Gasteiger partial charge in [-0.3, -0.25) is 0 Å². The summed E-state index contributed by atoms with van der Waals surface area (Å²) in [7, 11) is -3.44. The average molecular weight is 343 g/mol. The first kappa shape index (κ1) is 16.9. The minimum absolute atomic E-state index is 0. The van der Waals surface area contributed by atoms with Gasteiger partial charge in [0.05, 0.1) is 4.34 Å². The Kier molecular flexibility index (Phi) is 6.29. The third kappa shape index (κ3) is 4.44. The van der Waals surface area contributed by atoms with Gasteiger partial charge in [0.1, 0.15) is 4.21 Å². The summed E-state index contributed by atoms with van der Waals surface area (Å²) < 4.78 is 27.5. The number of hydrogen-bond acceptors (Lipinski definition) is 4. The van der Waals surface area contributed by atoms with Crippen LogP contribution in [0.2, 0.25) is 4.34 Å². The van der Waals surface area contributed by atoms with Gasteiger partial charge in [0.15, 0.2) is 0 Å². The number of halogens is 2. The van der Waals surface area contributed by atoms with Crippen LogP contribution in [0.1, 0.15) is 12.0 Å². The van der Waals surface area contributed by atoms with Crippen molar-refractivity contribution in [3.63, 3.8) is 0 Å². The van der Waals surface area contributed by atoms with Crippen LogP contribution in [0.25, 0.3) is 0 Å². The highest BCUT2D eigenvalue weighted by Gasteiger charge is 2.18. The van der Waals surface area contributed by atoms with Crippen LogP contribution in [0.3, 0.4) is 0 Å². The average Bonchev–Trinajstić information content (AvgIpc) is 2.70. The molecule has 0 fully saturated rings. The van der Waals surface area contributed by atoms with Crippen molar-refractivity contribution in [1.29, 1.82) is 0 Å². The van der Waals surface area contributed by atoms with E-state index in [4.69, 9.17) is 11.6 Å². The Labute approximate surface area is 128 Å². The molecule has 19 heavy (non-hydrogen) atoms. The second-order valence-electron chi connectivity index (χ2n) is 4.16. The van der Waals surface area contributed by atoms with Crippen LogP contribution in [-0.2, 0) is 10.0 Å². The number of aryl methyl sites for hydroxylation is 1. The first-order chi connectivity index (χ1) is 8.49. The highest BCUT2D eigenvalue weighted by atomic mass is 35.5. The Bertz CT molecular complexity index is 548. The summed E-state index contributed by atoms with van der Waals surface area (Å²) in [5.41, 5.74) is 1.92. The summed E-state index contributed by atoms with van der Waals surface area (Å²) in [5, 5.41) is 3.19. The third-order valence-electron chi connectivity index (χ3n) is 2.75. The van der Waals surface area contributed by atoms with Crippen LogP contribution in [0.15, 0.2) is 21.9 Å². The molecule has 4 nitrogen and oxygen atoms in total. The second kappa shape index (κ2) is 7.06. The summed E-state index contributed by atoms with van der Waals surface area (Å²) in [4.78, 5) is 0. The van der Waals surface area contributed by atoms with Crippen molar-refractivity contribution in [3.8, 4) is 0 Å². The maximum absolute atomic E-state index is 12.0. The van der Waals surface area contributed by atoms with E-state index in [2.05, 4.69) is 10.0 Å². The molecule has 0 bridgehead atoms. The van der Waals surface area contributed by atoms with Crippen LogP contribution >= 0.6 is 35.3 Å². The van der Waals surface area contributed by atoms with Crippen molar-refractivity contribution in [1.82, 2.24) is 10.0 Å². The van der Waals surface area contributed by atoms with Crippen molar-refractivity contribution < 1.29 is 8.42 Å². The van der Waals surface area contributed by atoms with Crippen molar-refractivity contribution in [2.45, 2.75) is 17.6 Å². The fraction of sp³-hybridized carbons (Fsp3) is 0.455. The lowest BCUT2D eigenvalue weighted by molar-refractivity contribution is 0.584. The molecule has 0 atom stereocenters. The Balaban J connectivity index is 0.00000180. The predicted octanol–water partition coefficient (Wildman–Crippen LogP) is 2.33. The fourth-order valence-electron chi connectivity index (χ4n) is 1.65. The fourth-order valence-corrected chi connectivity index (χ4v) is 4.44. The first-order valence-corrected chi connectivity index (χ1v) is 8.31. The van der Waals surface area contributed by atoms with Crippen LogP contribution in [0.5, 0.6) is 0 Å². The lowest BCUT2D eigenvalue weighted by Gasteiger charge is -2.14. The molecule has 1 aliphatic rings. The first-order valence-electron chi connectivity index (χ1n) is 5.63. The monoisotopic (exact) mass is 342 g/mol. The third-order valence-corrected chi connectivity index (χ3v) is 6.18. The zero-order chi connectivity index (χ0) is 13.2. The van der Waals surface area contributed by atoms with Gasteiger partial charge in [-0.2, -0.15) is 0 Å². The van der Waals surface area contributed by atoms with Crippen LogP contribution < -0.4 is 10.0 Å². The molecule has 2 rings (SSSR count). The normalized spacial score (nSPS) is 15.8. The molecule has 0 saturated heterocycles. The molecule has 2 heterocycles. The van der Waals surface area contributed by atoms with Gasteiger partial charge in [-0.25, -0.2) is 13.1 Å².